The average Bonchev–Trinajstić information content (AvgIpc) is 3.26. The summed E-state index contributed by atoms with van der Waals surface area (Å²) in [7, 11) is 3.16. The van der Waals surface area contributed by atoms with Gasteiger partial charge in [-0.1, -0.05) is 6.92 Å². The van der Waals surface area contributed by atoms with Crippen LogP contribution in [-0.4, -0.2) is 43.3 Å². The molecule has 23 heavy (non-hydrogen) atoms. The molecule has 0 spiro atoms. The lowest BCUT2D eigenvalue weighted by atomic mass is 9.95. The Labute approximate surface area is 136 Å². The zero-order chi connectivity index (χ0) is 16.6. The number of β-amino-alcohol motifs (C(OH)–C–C–N with tert-alkyl or cyclic N) is 1. The molecule has 6 heteroatoms. The van der Waals surface area contributed by atoms with Crippen molar-refractivity contribution in [1.29, 1.82) is 0 Å². The number of methoxy groups -OCH3 is 2. The lowest BCUT2D eigenvalue weighted by molar-refractivity contribution is 0.100. The second-order valence-corrected chi connectivity index (χ2v) is 6.42. The van der Waals surface area contributed by atoms with Gasteiger partial charge in [-0.05, 0) is 30.4 Å². The third-order valence-corrected chi connectivity index (χ3v) is 4.87. The predicted molar refractivity (Wildman–Crippen MR) is 85.6 cm³/mol. The summed E-state index contributed by atoms with van der Waals surface area (Å²) in [6.07, 6.45) is 0.394. The molecule has 126 valence electrons. The van der Waals surface area contributed by atoms with Crippen LogP contribution in [0, 0.1) is 11.8 Å². The van der Waals surface area contributed by atoms with Gasteiger partial charge in [-0.15, -0.1) is 0 Å². The number of nitrogens with zero attached hydrogens (tertiary/aromatic N) is 1. The van der Waals surface area contributed by atoms with Gasteiger partial charge in [0.1, 0.15) is 17.6 Å². The summed E-state index contributed by atoms with van der Waals surface area (Å²) in [6, 6.07) is 3.45. The molecule has 0 aromatic heterocycles. The van der Waals surface area contributed by atoms with Gasteiger partial charge in [-0.25, -0.2) is 4.79 Å². The maximum Gasteiger partial charge on any atom is 0.317 e. The Morgan fingerprint density at radius 1 is 1.35 bits per heavy atom. The number of hydrogen-bond donors (Lipinski definition) is 2. The quantitative estimate of drug-likeness (QED) is 0.889. The minimum absolute atomic E-state index is 0.140. The molecule has 3 rings (SSSR count). The van der Waals surface area contributed by atoms with E-state index >= 15 is 0 Å². The van der Waals surface area contributed by atoms with Crippen molar-refractivity contribution in [2.24, 2.45) is 11.8 Å². The minimum Gasteiger partial charge on any atom is -0.496 e. The van der Waals surface area contributed by atoms with Crippen LogP contribution in [0.3, 0.4) is 0 Å². The number of rotatable bonds is 4. The second-order valence-electron chi connectivity index (χ2n) is 6.42. The van der Waals surface area contributed by atoms with Gasteiger partial charge in [0.25, 0.3) is 0 Å². The molecule has 1 aliphatic carbocycles. The van der Waals surface area contributed by atoms with Gasteiger partial charge in [0, 0.05) is 17.7 Å². The van der Waals surface area contributed by atoms with Gasteiger partial charge < -0.3 is 24.8 Å². The smallest absolute Gasteiger partial charge is 0.317 e. The highest BCUT2D eigenvalue weighted by atomic mass is 16.5. The Bertz CT molecular complexity index is 605. The maximum atomic E-state index is 12.4. The first-order valence-corrected chi connectivity index (χ1v) is 7.99. The third-order valence-electron chi connectivity index (χ3n) is 4.87. The number of urea groups is 1. The molecule has 0 saturated heterocycles. The van der Waals surface area contributed by atoms with Crippen molar-refractivity contribution in [3.63, 3.8) is 0 Å². The normalized spacial score (nSPS) is 25.6. The molecule has 1 aromatic carbocycles. The number of aliphatic hydroxyl groups is 1. The van der Waals surface area contributed by atoms with Crippen molar-refractivity contribution in [1.82, 2.24) is 10.2 Å². The van der Waals surface area contributed by atoms with E-state index in [1.807, 2.05) is 0 Å². The van der Waals surface area contributed by atoms with Gasteiger partial charge >= 0.3 is 6.03 Å². The highest BCUT2D eigenvalue weighted by molar-refractivity contribution is 5.75. The summed E-state index contributed by atoms with van der Waals surface area (Å²) >= 11 is 0. The van der Waals surface area contributed by atoms with Crippen LogP contribution in [0.15, 0.2) is 12.1 Å². The molecule has 2 N–H and O–H groups in total. The fraction of sp³-hybridized carbons (Fsp3) is 0.588. The molecule has 1 aliphatic heterocycles. The molecule has 0 unspecified atom stereocenters. The monoisotopic (exact) mass is 320 g/mol. The first kappa shape index (κ1) is 15.9. The maximum absolute atomic E-state index is 12.4. The number of benzene rings is 1. The number of ether oxygens (including phenoxy) is 2. The summed E-state index contributed by atoms with van der Waals surface area (Å²) < 4.78 is 10.7. The lowest BCUT2D eigenvalue weighted by Gasteiger charge is -2.34. The molecule has 3 atom stereocenters. The van der Waals surface area contributed by atoms with Crippen molar-refractivity contribution in [2.75, 3.05) is 27.3 Å². The second kappa shape index (κ2) is 6.28. The third kappa shape index (κ3) is 3.08. The first-order valence-electron chi connectivity index (χ1n) is 7.99. The van der Waals surface area contributed by atoms with E-state index in [4.69, 9.17) is 9.47 Å². The van der Waals surface area contributed by atoms with Crippen LogP contribution >= 0.6 is 0 Å². The molecule has 6 nitrogen and oxygen atoms in total. The van der Waals surface area contributed by atoms with Crippen LogP contribution in [0.2, 0.25) is 0 Å². The summed E-state index contributed by atoms with van der Waals surface area (Å²) in [5.74, 6) is 2.58. The Balaban J connectivity index is 1.77. The SMILES string of the molecule is COc1ccc(OC)c2c1CN(C(=O)NC[C@@H]1C[C@@H]1C)C[C@@H]2O. The van der Waals surface area contributed by atoms with E-state index in [0.29, 0.717) is 42.0 Å². The Morgan fingerprint density at radius 2 is 2.00 bits per heavy atom. The van der Waals surface area contributed by atoms with Crippen molar-refractivity contribution < 1.29 is 19.4 Å². The van der Waals surface area contributed by atoms with Gasteiger partial charge in [0.15, 0.2) is 0 Å². The van der Waals surface area contributed by atoms with Crippen molar-refractivity contribution in [3.8, 4) is 11.5 Å². The molecule has 1 heterocycles. The van der Waals surface area contributed by atoms with Gasteiger partial charge in [0.05, 0.1) is 27.3 Å². The number of carbonyl (C=O) groups is 1. The number of nitrogens with one attached hydrogen (secondary N) is 1. The number of amides is 2. The van der Waals surface area contributed by atoms with Crippen LogP contribution in [0.5, 0.6) is 11.5 Å². The predicted octanol–water partition coefficient (Wildman–Crippen LogP) is 1.92. The first-order chi connectivity index (χ1) is 11.0. The Kier molecular flexibility index (Phi) is 4.35. The molecular weight excluding hydrogens is 296 g/mol. The van der Waals surface area contributed by atoms with Crippen LogP contribution < -0.4 is 14.8 Å². The fourth-order valence-electron chi connectivity index (χ4n) is 3.24. The molecule has 2 amide bonds. The summed E-state index contributed by atoms with van der Waals surface area (Å²) in [5.41, 5.74) is 1.52. The van der Waals surface area contributed by atoms with Gasteiger partial charge in [-0.2, -0.15) is 0 Å². The summed E-state index contributed by atoms with van der Waals surface area (Å²) in [6.45, 7) is 3.55. The van der Waals surface area contributed by atoms with Crippen molar-refractivity contribution >= 4 is 6.03 Å². The van der Waals surface area contributed by atoms with Crippen LogP contribution in [0.25, 0.3) is 0 Å². The highest BCUT2D eigenvalue weighted by Gasteiger charge is 2.35. The van der Waals surface area contributed by atoms with Gasteiger partial charge in [-0.3, -0.25) is 0 Å². The van der Waals surface area contributed by atoms with Gasteiger partial charge in [0.2, 0.25) is 0 Å². The van der Waals surface area contributed by atoms with Crippen molar-refractivity contribution in [3.05, 3.63) is 23.3 Å². The Hall–Kier alpha value is -1.95. The molecule has 1 saturated carbocycles. The van der Waals surface area contributed by atoms with Crippen LogP contribution in [0.1, 0.15) is 30.6 Å². The number of carbonyl (C=O) groups excluding carboxylic acids is 1. The zero-order valence-corrected chi connectivity index (χ0v) is 13.8. The average molecular weight is 320 g/mol. The molecule has 0 radical (unpaired) electrons. The standard InChI is InChI=1S/C17H24N2O4/c1-10-6-11(10)7-18-17(21)19-8-12-14(22-2)4-5-15(23-3)16(12)13(20)9-19/h4-5,10-11,13,20H,6-9H2,1-3H3,(H,18,21)/t10-,11-,13-/m0/s1. The van der Waals surface area contributed by atoms with E-state index in [2.05, 4.69) is 12.2 Å². The number of aliphatic hydroxyl groups excluding tert-OH is 1. The van der Waals surface area contributed by atoms with E-state index in [1.165, 1.54) is 6.42 Å². The number of hydrogen-bond acceptors (Lipinski definition) is 4. The van der Waals surface area contributed by atoms with E-state index < -0.39 is 6.10 Å². The fourth-order valence-corrected chi connectivity index (χ4v) is 3.24. The van der Waals surface area contributed by atoms with E-state index in [-0.39, 0.29) is 12.6 Å². The highest BCUT2D eigenvalue weighted by Crippen LogP contribution is 2.39. The minimum atomic E-state index is -0.783. The van der Waals surface area contributed by atoms with E-state index in [0.717, 1.165) is 5.56 Å². The molecule has 1 aromatic rings. The lowest BCUT2D eigenvalue weighted by Crippen LogP contribution is -2.45. The summed E-state index contributed by atoms with van der Waals surface area (Å²) in [4.78, 5) is 14.0. The van der Waals surface area contributed by atoms with Crippen LogP contribution in [0.4, 0.5) is 4.79 Å². The number of fused-ring (bicyclic) bond motifs is 1. The Morgan fingerprint density at radius 3 is 2.61 bits per heavy atom. The van der Waals surface area contributed by atoms with E-state index in [1.54, 1.807) is 31.3 Å². The molecule has 1 fully saturated rings. The molecular formula is C17H24N2O4. The molecule has 2 aliphatic rings. The van der Waals surface area contributed by atoms with Crippen LogP contribution in [-0.2, 0) is 6.54 Å². The zero-order valence-electron chi connectivity index (χ0n) is 13.8. The largest absolute Gasteiger partial charge is 0.496 e. The van der Waals surface area contributed by atoms with Crippen molar-refractivity contribution in [2.45, 2.75) is 26.0 Å². The van der Waals surface area contributed by atoms with E-state index in [9.17, 15) is 9.90 Å². The topological polar surface area (TPSA) is 71.0 Å². The molecule has 0 bridgehead atoms. The summed E-state index contributed by atoms with van der Waals surface area (Å²) in [5, 5.41) is 13.5.